The minimum atomic E-state index is -0.422. The van der Waals surface area contributed by atoms with Gasteiger partial charge in [-0.15, -0.1) is 0 Å². The summed E-state index contributed by atoms with van der Waals surface area (Å²) in [6.07, 6.45) is 0.289. The van der Waals surface area contributed by atoms with E-state index in [2.05, 4.69) is 0 Å². The van der Waals surface area contributed by atoms with Crippen LogP contribution < -0.4 is 0 Å². The summed E-state index contributed by atoms with van der Waals surface area (Å²) in [5.74, 6) is -0.745. The molecule has 0 saturated carbocycles. The number of amides is 1. The highest BCUT2D eigenvalue weighted by molar-refractivity contribution is 5.68. The molecule has 1 aromatic carbocycles. The van der Waals surface area contributed by atoms with Gasteiger partial charge in [-0.3, -0.25) is 9.59 Å². The van der Waals surface area contributed by atoms with Crippen LogP contribution in [0.5, 0.6) is 0 Å². The maximum atomic E-state index is 12.4. The zero-order valence-electron chi connectivity index (χ0n) is 15.2. The fourth-order valence-corrected chi connectivity index (χ4v) is 2.99. The highest BCUT2D eigenvalue weighted by Crippen LogP contribution is 2.24. The first-order valence-electron chi connectivity index (χ1n) is 8.66. The minimum Gasteiger partial charge on any atom is -0.466 e. The molecule has 7 heteroatoms. The number of likely N-dealkylation sites (tertiary alicyclic amines) is 1. The topological polar surface area (TPSA) is 82.1 Å². The summed E-state index contributed by atoms with van der Waals surface area (Å²) in [4.78, 5) is 36.1. The summed E-state index contributed by atoms with van der Waals surface area (Å²) in [5, 5.41) is 0. The molecule has 26 heavy (non-hydrogen) atoms. The van der Waals surface area contributed by atoms with E-state index in [0.29, 0.717) is 19.5 Å². The van der Waals surface area contributed by atoms with Crippen molar-refractivity contribution in [1.82, 2.24) is 4.90 Å². The van der Waals surface area contributed by atoms with E-state index in [-0.39, 0.29) is 43.6 Å². The van der Waals surface area contributed by atoms with Gasteiger partial charge in [0.1, 0.15) is 6.61 Å². The Hall–Kier alpha value is -2.57. The van der Waals surface area contributed by atoms with Crippen LogP contribution in [-0.2, 0) is 30.4 Å². The van der Waals surface area contributed by atoms with Gasteiger partial charge in [-0.05, 0) is 12.0 Å². The lowest BCUT2D eigenvalue weighted by molar-refractivity contribution is -0.144. The van der Waals surface area contributed by atoms with Gasteiger partial charge in [-0.25, -0.2) is 4.79 Å². The fraction of sp³-hybridized carbons (Fsp3) is 0.526. The molecule has 0 aromatic heterocycles. The molecule has 1 saturated heterocycles. The third-order valence-corrected chi connectivity index (χ3v) is 4.13. The van der Waals surface area contributed by atoms with Crippen LogP contribution in [0.4, 0.5) is 4.79 Å². The second kappa shape index (κ2) is 9.79. The largest absolute Gasteiger partial charge is 0.466 e. The lowest BCUT2D eigenvalue weighted by atomic mass is 9.90. The van der Waals surface area contributed by atoms with E-state index in [1.807, 2.05) is 30.3 Å². The molecule has 0 bridgehead atoms. The Morgan fingerprint density at radius 3 is 1.96 bits per heavy atom. The Morgan fingerprint density at radius 2 is 1.46 bits per heavy atom. The van der Waals surface area contributed by atoms with Crippen LogP contribution in [-0.4, -0.2) is 49.2 Å². The summed E-state index contributed by atoms with van der Waals surface area (Å²) < 4.78 is 15.6. The highest BCUT2D eigenvalue weighted by atomic mass is 16.6. The van der Waals surface area contributed by atoms with Gasteiger partial charge in [0.05, 0.1) is 13.2 Å². The molecule has 1 amide bonds. The smallest absolute Gasteiger partial charge is 0.410 e. The van der Waals surface area contributed by atoms with Crippen molar-refractivity contribution in [3.63, 3.8) is 0 Å². The van der Waals surface area contributed by atoms with Crippen LogP contribution in [0.25, 0.3) is 0 Å². The van der Waals surface area contributed by atoms with Crippen molar-refractivity contribution in [2.24, 2.45) is 11.8 Å². The standard InChI is InChI=1S/C19H25NO6/c1-14(21)24-12-17-8-18(13-25-15(2)22)10-20(9-17)19(23)26-11-16-6-4-3-5-7-16/h3-7,17-18H,8-13H2,1-2H3/t17-,18+. The molecule has 0 radical (unpaired) electrons. The molecule has 7 nitrogen and oxygen atoms in total. The van der Waals surface area contributed by atoms with Crippen LogP contribution in [0, 0.1) is 11.8 Å². The predicted molar refractivity (Wildman–Crippen MR) is 93.1 cm³/mol. The number of nitrogens with zero attached hydrogens (tertiary/aromatic N) is 1. The summed E-state index contributed by atoms with van der Waals surface area (Å²) >= 11 is 0. The Balaban J connectivity index is 1.93. The Labute approximate surface area is 153 Å². The van der Waals surface area contributed by atoms with E-state index in [1.54, 1.807) is 4.90 Å². The average Bonchev–Trinajstić information content (AvgIpc) is 2.63. The molecule has 142 valence electrons. The Kier molecular flexibility index (Phi) is 7.44. The molecular weight excluding hydrogens is 338 g/mol. The van der Waals surface area contributed by atoms with Gasteiger partial charge < -0.3 is 19.1 Å². The van der Waals surface area contributed by atoms with Gasteiger partial charge in [-0.2, -0.15) is 0 Å². The molecule has 2 atom stereocenters. The number of piperidine rings is 1. The molecule has 0 spiro atoms. The zero-order valence-corrected chi connectivity index (χ0v) is 15.2. The van der Waals surface area contributed by atoms with Crippen LogP contribution >= 0.6 is 0 Å². The van der Waals surface area contributed by atoms with Gasteiger partial charge in [0.25, 0.3) is 0 Å². The first-order chi connectivity index (χ1) is 12.4. The van der Waals surface area contributed by atoms with Crippen molar-refractivity contribution in [3.8, 4) is 0 Å². The van der Waals surface area contributed by atoms with Crippen molar-refractivity contribution in [2.75, 3.05) is 26.3 Å². The lowest BCUT2D eigenvalue weighted by Gasteiger charge is -2.36. The first-order valence-corrected chi connectivity index (χ1v) is 8.66. The van der Waals surface area contributed by atoms with Crippen LogP contribution in [0.1, 0.15) is 25.8 Å². The molecule has 2 rings (SSSR count). The zero-order chi connectivity index (χ0) is 18.9. The van der Waals surface area contributed by atoms with E-state index in [1.165, 1.54) is 13.8 Å². The van der Waals surface area contributed by atoms with Gasteiger partial charge in [0.15, 0.2) is 0 Å². The average molecular weight is 363 g/mol. The van der Waals surface area contributed by atoms with Crippen molar-refractivity contribution >= 4 is 18.0 Å². The lowest BCUT2D eigenvalue weighted by Crippen LogP contribution is -2.46. The molecule has 1 aromatic rings. The summed E-state index contributed by atoms with van der Waals surface area (Å²) in [7, 11) is 0. The third-order valence-electron chi connectivity index (χ3n) is 4.13. The highest BCUT2D eigenvalue weighted by Gasteiger charge is 2.32. The number of hydrogen-bond donors (Lipinski definition) is 0. The molecule has 1 aliphatic rings. The van der Waals surface area contributed by atoms with Crippen LogP contribution in [0.2, 0.25) is 0 Å². The number of hydrogen-bond acceptors (Lipinski definition) is 6. The number of carbonyl (C=O) groups is 3. The Bertz CT molecular complexity index is 592. The molecule has 1 aliphatic heterocycles. The molecular formula is C19H25NO6. The second-order valence-electron chi connectivity index (χ2n) is 6.52. The molecule has 0 unspecified atom stereocenters. The van der Waals surface area contributed by atoms with Crippen molar-refractivity contribution in [3.05, 3.63) is 35.9 Å². The SMILES string of the molecule is CC(=O)OC[C@@H]1C[C@H](COC(C)=O)CN(C(=O)OCc2ccccc2)C1. The quantitative estimate of drug-likeness (QED) is 0.570. The minimum absolute atomic E-state index is 0.0162. The summed E-state index contributed by atoms with van der Waals surface area (Å²) in [6.45, 7) is 4.24. The summed E-state index contributed by atoms with van der Waals surface area (Å²) in [6, 6.07) is 9.44. The van der Waals surface area contributed by atoms with E-state index in [0.717, 1.165) is 5.56 Å². The number of benzene rings is 1. The number of carbonyl (C=O) groups excluding carboxylic acids is 3. The van der Waals surface area contributed by atoms with Gasteiger partial charge in [0.2, 0.25) is 0 Å². The maximum Gasteiger partial charge on any atom is 0.410 e. The van der Waals surface area contributed by atoms with Crippen molar-refractivity contribution in [2.45, 2.75) is 26.9 Å². The van der Waals surface area contributed by atoms with Crippen molar-refractivity contribution < 1.29 is 28.6 Å². The van der Waals surface area contributed by atoms with Gasteiger partial charge in [-0.1, -0.05) is 30.3 Å². The van der Waals surface area contributed by atoms with Crippen molar-refractivity contribution in [1.29, 1.82) is 0 Å². The van der Waals surface area contributed by atoms with Crippen LogP contribution in [0.15, 0.2) is 30.3 Å². The normalized spacial score (nSPS) is 19.5. The van der Waals surface area contributed by atoms with E-state index < -0.39 is 6.09 Å². The van der Waals surface area contributed by atoms with Gasteiger partial charge >= 0.3 is 18.0 Å². The molecule has 1 heterocycles. The second-order valence-corrected chi connectivity index (χ2v) is 6.52. The summed E-state index contributed by atoms with van der Waals surface area (Å²) in [5.41, 5.74) is 0.908. The maximum absolute atomic E-state index is 12.4. The van der Waals surface area contributed by atoms with E-state index >= 15 is 0 Å². The number of ether oxygens (including phenoxy) is 3. The van der Waals surface area contributed by atoms with Gasteiger partial charge in [0, 0.05) is 38.8 Å². The molecule has 1 fully saturated rings. The number of esters is 2. The number of rotatable bonds is 6. The predicted octanol–water partition coefficient (Wildman–Crippen LogP) is 2.39. The molecule has 0 aliphatic carbocycles. The fourth-order valence-electron chi connectivity index (χ4n) is 2.99. The first kappa shape index (κ1) is 19.8. The molecule has 0 N–H and O–H groups in total. The van der Waals surface area contributed by atoms with E-state index in [4.69, 9.17) is 14.2 Å². The van der Waals surface area contributed by atoms with Crippen LogP contribution in [0.3, 0.4) is 0 Å². The van der Waals surface area contributed by atoms with E-state index in [9.17, 15) is 14.4 Å². The Morgan fingerprint density at radius 1 is 0.923 bits per heavy atom. The third kappa shape index (κ3) is 6.74. The monoisotopic (exact) mass is 363 g/mol.